The second kappa shape index (κ2) is 7.75. The van der Waals surface area contributed by atoms with Crippen molar-refractivity contribution in [3.05, 3.63) is 29.6 Å². The number of hydrogen-bond donors (Lipinski definition) is 2. The van der Waals surface area contributed by atoms with Gasteiger partial charge in [-0.1, -0.05) is 6.92 Å². The summed E-state index contributed by atoms with van der Waals surface area (Å²) in [5, 5.41) is 5.25. The van der Waals surface area contributed by atoms with E-state index in [1.54, 1.807) is 0 Å². The summed E-state index contributed by atoms with van der Waals surface area (Å²) in [6.07, 6.45) is 1.29. The van der Waals surface area contributed by atoms with E-state index in [9.17, 15) is 4.79 Å². The lowest BCUT2D eigenvalue weighted by atomic mass is 10.2. The molecule has 0 aliphatic heterocycles. The summed E-state index contributed by atoms with van der Waals surface area (Å²) in [5.74, 6) is 0.744. The van der Waals surface area contributed by atoms with Gasteiger partial charge in [-0.05, 0) is 30.7 Å². The number of carbonyl (C=O) groups is 1. The molecule has 0 aliphatic carbocycles. The van der Waals surface area contributed by atoms with E-state index in [2.05, 4.69) is 17.2 Å². The Balaban J connectivity index is 2.01. The van der Waals surface area contributed by atoms with Crippen LogP contribution in [0, 0.1) is 0 Å². The van der Waals surface area contributed by atoms with Gasteiger partial charge in [0.1, 0.15) is 5.75 Å². The molecule has 112 valence electrons. The second-order valence-electron chi connectivity index (χ2n) is 4.50. The first kappa shape index (κ1) is 15.5. The van der Waals surface area contributed by atoms with Crippen LogP contribution in [0.2, 0.25) is 0 Å². The largest absolute Gasteiger partial charge is 0.494 e. The average molecular weight is 305 g/mol. The van der Waals surface area contributed by atoms with Crippen LogP contribution in [0.5, 0.6) is 5.75 Å². The highest BCUT2D eigenvalue weighted by molar-refractivity contribution is 7.14. The van der Waals surface area contributed by atoms with E-state index in [4.69, 9.17) is 10.5 Å². The van der Waals surface area contributed by atoms with Crippen LogP contribution in [0.3, 0.4) is 0 Å². The molecule has 0 aliphatic rings. The van der Waals surface area contributed by atoms with Crippen molar-refractivity contribution in [1.82, 2.24) is 4.98 Å². The second-order valence-corrected chi connectivity index (χ2v) is 5.36. The molecule has 0 atom stereocenters. The Morgan fingerprint density at radius 1 is 1.38 bits per heavy atom. The predicted molar refractivity (Wildman–Crippen MR) is 85.6 cm³/mol. The molecule has 0 radical (unpaired) electrons. The number of nitrogens with one attached hydrogen (secondary N) is 1. The van der Waals surface area contributed by atoms with Gasteiger partial charge < -0.3 is 15.8 Å². The standard InChI is InChI=1S/C15H19N3O2S/c1-2-9-20-12-5-3-11(4-6-12)13-10-21-15(17-13)18-14(19)7-8-16/h3-6,10H,2,7-9,16H2,1H3,(H,17,18,19). The molecule has 2 aromatic rings. The summed E-state index contributed by atoms with van der Waals surface area (Å²) in [4.78, 5) is 15.9. The molecule has 2 rings (SSSR count). The number of thiazole rings is 1. The van der Waals surface area contributed by atoms with E-state index in [1.807, 2.05) is 29.6 Å². The Morgan fingerprint density at radius 2 is 2.14 bits per heavy atom. The topological polar surface area (TPSA) is 77.2 Å². The third-order valence-corrected chi connectivity index (χ3v) is 3.50. The van der Waals surface area contributed by atoms with Crippen molar-refractivity contribution in [2.75, 3.05) is 18.5 Å². The number of hydrogen-bond acceptors (Lipinski definition) is 5. The quantitative estimate of drug-likeness (QED) is 0.824. The van der Waals surface area contributed by atoms with Crippen molar-refractivity contribution in [2.45, 2.75) is 19.8 Å². The normalized spacial score (nSPS) is 10.4. The fourth-order valence-corrected chi connectivity index (χ4v) is 2.45. The Hall–Kier alpha value is -1.92. The Bertz CT molecular complexity index is 581. The maximum atomic E-state index is 11.5. The number of rotatable bonds is 7. The fraction of sp³-hybridized carbons (Fsp3) is 0.333. The minimum absolute atomic E-state index is 0.110. The van der Waals surface area contributed by atoms with Crippen LogP contribution in [0.1, 0.15) is 19.8 Å². The van der Waals surface area contributed by atoms with Crippen molar-refractivity contribution in [3.63, 3.8) is 0 Å². The number of ether oxygens (including phenoxy) is 1. The van der Waals surface area contributed by atoms with Gasteiger partial charge in [-0.15, -0.1) is 11.3 Å². The Labute approximate surface area is 128 Å². The molecule has 5 nitrogen and oxygen atoms in total. The molecule has 0 saturated carbocycles. The monoisotopic (exact) mass is 305 g/mol. The van der Waals surface area contributed by atoms with Crippen molar-refractivity contribution >= 4 is 22.4 Å². The van der Waals surface area contributed by atoms with Gasteiger partial charge in [0.2, 0.25) is 5.91 Å². The zero-order valence-corrected chi connectivity index (χ0v) is 12.8. The lowest BCUT2D eigenvalue weighted by Gasteiger charge is -2.04. The number of carbonyl (C=O) groups excluding carboxylic acids is 1. The average Bonchev–Trinajstić information content (AvgIpc) is 2.94. The van der Waals surface area contributed by atoms with E-state index in [1.165, 1.54) is 11.3 Å². The zero-order chi connectivity index (χ0) is 15.1. The van der Waals surface area contributed by atoms with Crippen molar-refractivity contribution in [2.24, 2.45) is 5.73 Å². The molecule has 1 aromatic carbocycles. The van der Waals surface area contributed by atoms with Crippen LogP contribution in [-0.4, -0.2) is 24.0 Å². The van der Waals surface area contributed by atoms with Crippen LogP contribution in [0.4, 0.5) is 5.13 Å². The van der Waals surface area contributed by atoms with Gasteiger partial charge in [-0.2, -0.15) is 0 Å². The number of benzene rings is 1. The SMILES string of the molecule is CCCOc1ccc(-c2csc(NC(=O)CCN)n2)cc1. The van der Waals surface area contributed by atoms with Crippen molar-refractivity contribution in [1.29, 1.82) is 0 Å². The van der Waals surface area contributed by atoms with Crippen LogP contribution in [0.15, 0.2) is 29.6 Å². The maximum Gasteiger partial charge on any atom is 0.227 e. The van der Waals surface area contributed by atoms with Crippen LogP contribution < -0.4 is 15.8 Å². The molecular formula is C15H19N3O2S. The molecule has 0 spiro atoms. The van der Waals surface area contributed by atoms with Gasteiger partial charge in [0.05, 0.1) is 12.3 Å². The molecule has 0 saturated heterocycles. The first-order chi connectivity index (χ1) is 10.2. The fourth-order valence-electron chi connectivity index (χ4n) is 1.72. The number of aromatic nitrogens is 1. The van der Waals surface area contributed by atoms with E-state index >= 15 is 0 Å². The van der Waals surface area contributed by atoms with Gasteiger partial charge >= 0.3 is 0 Å². The summed E-state index contributed by atoms with van der Waals surface area (Å²) in [5.41, 5.74) is 7.17. The van der Waals surface area contributed by atoms with Gasteiger partial charge in [-0.3, -0.25) is 4.79 Å². The van der Waals surface area contributed by atoms with E-state index in [0.717, 1.165) is 23.4 Å². The van der Waals surface area contributed by atoms with Gasteiger partial charge in [0.15, 0.2) is 5.13 Å². The first-order valence-corrected chi connectivity index (χ1v) is 7.79. The Kier molecular flexibility index (Phi) is 5.71. The van der Waals surface area contributed by atoms with Crippen molar-refractivity contribution in [3.8, 4) is 17.0 Å². The van der Waals surface area contributed by atoms with Gasteiger partial charge in [-0.25, -0.2) is 4.98 Å². The third-order valence-electron chi connectivity index (χ3n) is 2.74. The number of anilines is 1. The molecule has 0 fully saturated rings. The minimum Gasteiger partial charge on any atom is -0.494 e. The molecule has 21 heavy (non-hydrogen) atoms. The summed E-state index contributed by atoms with van der Waals surface area (Å²) >= 11 is 1.40. The number of nitrogens with two attached hydrogens (primary N) is 1. The highest BCUT2D eigenvalue weighted by atomic mass is 32.1. The van der Waals surface area contributed by atoms with E-state index in [0.29, 0.717) is 24.7 Å². The molecule has 0 bridgehead atoms. The summed E-state index contributed by atoms with van der Waals surface area (Å²) in [6.45, 7) is 3.13. The molecule has 1 aromatic heterocycles. The minimum atomic E-state index is -0.110. The van der Waals surface area contributed by atoms with E-state index < -0.39 is 0 Å². The predicted octanol–water partition coefficient (Wildman–Crippen LogP) is 2.89. The zero-order valence-electron chi connectivity index (χ0n) is 12.0. The summed E-state index contributed by atoms with van der Waals surface area (Å²) in [7, 11) is 0. The molecule has 0 unspecified atom stereocenters. The number of amides is 1. The summed E-state index contributed by atoms with van der Waals surface area (Å²) < 4.78 is 5.54. The highest BCUT2D eigenvalue weighted by Gasteiger charge is 2.07. The molecular weight excluding hydrogens is 286 g/mol. The summed E-state index contributed by atoms with van der Waals surface area (Å²) in [6, 6.07) is 7.78. The molecule has 1 amide bonds. The van der Waals surface area contributed by atoms with Crippen LogP contribution >= 0.6 is 11.3 Å². The van der Waals surface area contributed by atoms with Crippen LogP contribution in [-0.2, 0) is 4.79 Å². The molecule has 6 heteroatoms. The lowest BCUT2D eigenvalue weighted by molar-refractivity contribution is -0.116. The van der Waals surface area contributed by atoms with Crippen LogP contribution in [0.25, 0.3) is 11.3 Å². The van der Waals surface area contributed by atoms with Gasteiger partial charge in [0.25, 0.3) is 0 Å². The lowest BCUT2D eigenvalue weighted by Crippen LogP contribution is -2.15. The molecule has 3 N–H and O–H groups in total. The number of nitrogens with zero attached hydrogens (tertiary/aromatic N) is 1. The maximum absolute atomic E-state index is 11.5. The molecule has 1 heterocycles. The first-order valence-electron chi connectivity index (χ1n) is 6.91. The smallest absolute Gasteiger partial charge is 0.227 e. The van der Waals surface area contributed by atoms with Gasteiger partial charge in [0, 0.05) is 23.9 Å². The third kappa shape index (κ3) is 4.54. The highest BCUT2D eigenvalue weighted by Crippen LogP contribution is 2.26. The Morgan fingerprint density at radius 3 is 2.81 bits per heavy atom. The van der Waals surface area contributed by atoms with E-state index in [-0.39, 0.29) is 5.91 Å². The van der Waals surface area contributed by atoms with Crippen molar-refractivity contribution < 1.29 is 9.53 Å².